The van der Waals surface area contributed by atoms with Gasteiger partial charge >= 0.3 is 0 Å². The van der Waals surface area contributed by atoms with Crippen molar-refractivity contribution in [1.29, 1.82) is 0 Å². The fourth-order valence-electron chi connectivity index (χ4n) is 2.41. The van der Waals surface area contributed by atoms with Gasteiger partial charge in [0.1, 0.15) is 5.75 Å². The molecule has 1 atom stereocenters. The zero-order valence-electron chi connectivity index (χ0n) is 14.6. The maximum Gasteiger partial charge on any atom is 0.265 e. The van der Waals surface area contributed by atoms with Crippen molar-refractivity contribution in [2.75, 3.05) is 5.32 Å². The molecular weight excluding hydrogens is 286 g/mol. The molecule has 0 heterocycles. The van der Waals surface area contributed by atoms with Crippen LogP contribution in [0.25, 0.3) is 0 Å². The van der Waals surface area contributed by atoms with Crippen molar-refractivity contribution in [3.8, 4) is 5.75 Å². The average Bonchev–Trinajstić information content (AvgIpc) is 2.52. The number of nitrogens with one attached hydrogen (secondary N) is 1. The van der Waals surface area contributed by atoms with E-state index in [1.165, 1.54) is 0 Å². The first kappa shape index (κ1) is 17.1. The van der Waals surface area contributed by atoms with Crippen LogP contribution in [-0.4, -0.2) is 12.0 Å². The Bertz CT molecular complexity index is 707. The van der Waals surface area contributed by atoms with Crippen molar-refractivity contribution in [2.24, 2.45) is 0 Å². The van der Waals surface area contributed by atoms with Crippen molar-refractivity contribution in [2.45, 2.75) is 47.1 Å². The summed E-state index contributed by atoms with van der Waals surface area (Å²) in [6.07, 6.45) is 0.111. The summed E-state index contributed by atoms with van der Waals surface area (Å²) in [6.45, 7) is 10.0. The minimum atomic E-state index is -0.504. The van der Waals surface area contributed by atoms with E-state index >= 15 is 0 Å². The smallest absolute Gasteiger partial charge is 0.265 e. The van der Waals surface area contributed by atoms with Crippen LogP contribution in [0.4, 0.5) is 5.69 Å². The molecule has 0 saturated carbocycles. The molecule has 3 heteroatoms. The molecule has 0 aliphatic carbocycles. The van der Waals surface area contributed by atoms with Crippen LogP contribution in [0.5, 0.6) is 5.75 Å². The molecule has 0 bridgehead atoms. The Balaban J connectivity index is 2.15. The van der Waals surface area contributed by atoms with Gasteiger partial charge in [-0.2, -0.15) is 0 Å². The summed E-state index contributed by atoms with van der Waals surface area (Å²) in [5.74, 6) is 0.662. The summed E-state index contributed by atoms with van der Waals surface area (Å²) in [5, 5.41) is 2.99. The van der Waals surface area contributed by atoms with Crippen LogP contribution in [0, 0.1) is 27.7 Å². The summed E-state index contributed by atoms with van der Waals surface area (Å²) >= 11 is 0. The normalized spacial score (nSPS) is 11.9. The van der Waals surface area contributed by atoms with E-state index < -0.39 is 6.10 Å². The van der Waals surface area contributed by atoms with Crippen LogP contribution in [-0.2, 0) is 4.79 Å². The number of hydrogen-bond acceptors (Lipinski definition) is 2. The van der Waals surface area contributed by atoms with E-state index in [0.29, 0.717) is 6.42 Å². The highest BCUT2D eigenvalue weighted by Crippen LogP contribution is 2.23. The molecule has 0 aromatic heterocycles. The van der Waals surface area contributed by atoms with Gasteiger partial charge in [0.15, 0.2) is 6.10 Å². The first-order valence-corrected chi connectivity index (χ1v) is 8.03. The molecule has 0 saturated heterocycles. The van der Waals surface area contributed by atoms with Gasteiger partial charge in [-0.15, -0.1) is 0 Å². The predicted octanol–water partition coefficient (Wildman–Crippen LogP) is 4.72. The first-order chi connectivity index (χ1) is 10.9. The zero-order valence-corrected chi connectivity index (χ0v) is 14.6. The molecule has 122 valence electrons. The second-order valence-electron chi connectivity index (χ2n) is 6.02. The van der Waals surface area contributed by atoms with Crippen molar-refractivity contribution < 1.29 is 9.53 Å². The van der Waals surface area contributed by atoms with Crippen molar-refractivity contribution in [3.63, 3.8) is 0 Å². The summed E-state index contributed by atoms with van der Waals surface area (Å²) in [5.41, 5.74) is 5.25. The van der Waals surface area contributed by atoms with Gasteiger partial charge in [-0.3, -0.25) is 4.79 Å². The lowest BCUT2D eigenvalue weighted by molar-refractivity contribution is -0.122. The highest BCUT2D eigenvalue weighted by molar-refractivity contribution is 5.95. The Morgan fingerprint density at radius 2 is 1.83 bits per heavy atom. The van der Waals surface area contributed by atoms with Gasteiger partial charge in [-0.25, -0.2) is 0 Å². The molecule has 0 spiro atoms. The molecule has 0 unspecified atom stereocenters. The number of hydrogen-bond donors (Lipinski definition) is 1. The Kier molecular flexibility index (Phi) is 5.43. The lowest BCUT2D eigenvalue weighted by atomic mass is 10.1. The minimum Gasteiger partial charge on any atom is -0.480 e. The van der Waals surface area contributed by atoms with Crippen molar-refractivity contribution in [1.82, 2.24) is 0 Å². The van der Waals surface area contributed by atoms with Gasteiger partial charge in [0.05, 0.1) is 0 Å². The van der Waals surface area contributed by atoms with Crippen LogP contribution in [0.1, 0.15) is 35.6 Å². The standard InChI is InChI=1S/C20H25NO2/c1-6-18(23-19-9-7-8-14(3)16(19)5)20(22)21-17-12-13(2)10-11-15(17)4/h7-12,18H,6H2,1-5H3,(H,21,22)/t18-/m1/s1. The fourth-order valence-corrected chi connectivity index (χ4v) is 2.41. The maximum absolute atomic E-state index is 12.6. The largest absolute Gasteiger partial charge is 0.480 e. The second-order valence-corrected chi connectivity index (χ2v) is 6.02. The predicted molar refractivity (Wildman–Crippen MR) is 95.2 cm³/mol. The molecule has 0 fully saturated rings. The van der Waals surface area contributed by atoms with Gasteiger partial charge in [-0.05, 0) is 68.5 Å². The van der Waals surface area contributed by atoms with Crippen molar-refractivity contribution in [3.05, 3.63) is 58.7 Å². The second kappa shape index (κ2) is 7.32. The van der Waals surface area contributed by atoms with Gasteiger partial charge in [0.25, 0.3) is 5.91 Å². The van der Waals surface area contributed by atoms with E-state index in [1.807, 2.05) is 71.0 Å². The van der Waals surface area contributed by atoms with Gasteiger partial charge < -0.3 is 10.1 Å². The molecule has 0 aliphatic rings. The number of anilines is 1. The molecular formula is C20H25NO2. The Labute approximate surface area is 138 Å². The monoisotopic (exact) mass is 311 g/mol. The summed E-state index contributed by atoms with van der Waals surface area (Å²) < 4.78 is 5.97. The van der Waals surface area contributed by atoms with Crippen LogP contribution in [0.2, 0.25) is 0 Å². The van der Waals surface area contributed by atoms with Crippen LogP contribution in [0.3, 0.4) is 0 Å². The molecule has 0 aliphatic heterocycles. The van der Waals surface area contributed by atoms with Gasteiger partial charge in [0.2, 0.25) is 0 Å². The molecule has 1 N–H and O–H groups in total. The molecule has 23 heavy (non-hydrogen) atoms. The third kappa shape index (κ3) is 4.13. The van der Waals surface area contributed by atoms with E-state index in [1.54, 1.807) is 0 Å². The molecule has 3 nitrogen and oxygen atoms in total. The number of aryl methyl sites for hydroxylation is 3. The van der Waals surface area contributed by atoms with E-state index in [2.05, 4.69) is 5.32 Å². The first-order valence-electron chi connectivity index (χ1n) is 8.03. The van der Waals surface area contributed by atoms with E-state index in [-0.39, 0.29) is 5.91 Å². The Hall–Kier alpha value is -2.29. The summed E-state index contributed by atoms with van der Waals surface area (Å²) in [7, 11) is 0. The number of ether oxygens (including phenoxy) is 1. The quantitative estimate of drug-likeness (QED) is 0.868. The number of rotatable bonds is 5. The summed E-state index contributed by atoms with van der Waals surface area (Å²) in [4.78, 5) is 12.6. The lowest BCUT2D eigenvalue weighted by Crippen LogP contribution is -2.32. The fraction of sp³-hybridized carbons (Fsp3) is 0.350. The third-order valence-corrected chi connectivity index (χ3v) is 4.14. The molecule has 2 rings (SSSR count). The highest BCUT2D eigenvalue weighted by atomic mass is 16.5. The number of amides is 1. The molecule has 0 radical (unpaired) electrons. The lowest BCUT2D eigenvalue weighted by Gasteiger charge is -2.20. The third-order valence-electron chi connectivity index (χ3n) is 4.14. The molecule has 1 amide bonds. The average molecular weight is 311 g/mol. The van der Waals surface area contributed by atoms with E-state index in [0.717, 1.165) is 33.7 Å². The molecule has 2 aromatic carbocycles. The Morgan fingerprint density at radius 3 is 2.52 bits per heavy atom. The van der Waals surface area contributed by atoms with Crippen LogP contribution >= 0.6 is 0 Å². The van der Waals surface area contributed by atoms with Gasteiger partial charge in [0, 0.05) is 5.69 Å². The SMILES string of the molecule is CC[C@@H](Oc1cccc(C)c1C)C(=O)Nc1cc(C)ccc1C. The Morgan fingerprint density at radius 1 is 1.09 bits per heavy atom. The highest BCUT2D eigenvalue weighted by Gasteiger charge is 2.20. The zero-order chi connectivity index (χ0) is 17.0. The van der Waals surface area contributed by atoms with Gasteiger partial charge in [-0.1, -0.05) is 31.2 Å². The van der Waals surface area contributed by atoms with Crippen LogP contribution in [0.15, 0.2) is 36.4 Å². The number of carbonyl (C=O) groups is 1. The van der Waals surface area contributed by atoms with E-state index in [9.17, 15) is 4.79 Å². The topological polar surface area (TPSA) is 38.3 Å². The molecule has 2 aromatic rings. The van der Waals surface area contributed by atoms with E-state index in [4.69, 9.17) is 4.74 Å². The van der Waals surface area contributed by atoms with Crippen LogP contribution < -0.4 is 10.1 Å². The maximum atomic E-state index is 12.6. The summed E-state index contributed by atoms with van der Waals surface area (Å²) in [6, 6.07) is 11.9. The van der Waals surface area contributed by atoms with Crippen molar-refractivity contribution >= 4 is 11.6 Å². The number of benzene rings is 2. The number of carbonyl (C=O) groups excluding carboxylic acids is 1. The minimum absolute atomic E-state index is 0.109.